The topological polar surface area (TPSA) is 64.6 Å². The van der Waals surface area contributed by atoms with Crippen LogP contribution in [-0.4, -0.2) is 24.4 Å². The van der Waals surface area contributed by atoms with Gasteiger partial charge in [-0.25, -0.2) is 4.39 Å². The third-order valence-corrected chi connectivity index (χ3v) is 4.74. The van der Waals surface area contributed by atoms with Crippen molar-refractivity contribution in [3.63, 3.8) is 0 Å². The van der Waals surface area contributed by atoms with Crippen molar-refractivity contribution in [2.75, 3.05) is 7.11 Å². The van der Waals surface area contributed by atoms with Crippen molar-refractivity contribution in [3.8, 4) is 16.9 Å². The van der Waals surface area contributed by atoms with Crippen LogP contribution < -0.4 is 10.1 Å². The highest BCUT2D eigenvalue weighted by molar-refractivity contribution is 6.37. The SMILES string of the molecule is COc1cc(-c2ccc(Cl)c(C3=C(OC(C)=O)NC(C)(C)C3=O)c2)ccc1F. The highest BCUT2D eigenvalue weighted by Crippen LogP contribution is 2.38. The summed E-state index contributed by atoms with van der Waals surface area (Å²) < 4.78 is 24.0. The Balaban J connectivity index is 2.15. The maximum absolute atomic E-state index is 13.7. The van der Waals surface area contributed by atoms with Crippen LogP contribution in [0.3, 0.4) is 0 Å². The first-order valence-electron chi connectivity index (χ1n) is 8.53. The van der Waals surface area contributed by atoms with Crippen LogP contribution in [0.25, 0.3) is 16.7 Å². The molecule has 0 unspecified atom stereocenters. The molecule has 5 nitrogen and oxygen atoms in total. The molecule has 7 heteroatoms. The van der Waals surface area contributed by atoms with Crippen molar-refractivity contribution in [1.29, 1.82) is 0 Å². The largest absolute Gasteiger partial charge is 0.494 e. The summed E-state index contributed by atoms with van der Waals surface area (Å²) in [4.78, 5) is 24.4. The fourth-order valence-electron chi connectivity index (χ4n) is 3.02. The van der Waals surface area contributed by atoms with Gasteiger partial charge in [0.15, 0.2) is 17.3 Å². The molecule has 1 aliphatic rings. The van der Waals surface area contributed by atoms with Crippen molar-refractivity contribution in [3.05, 3.63) is 58.7 Å². The van der Waals surface area contributed by atoms with E-state index in [4.69, 9.17) is 21.1 Å². The van der Waals surface area contributed by atoms with E-state index in [0.29, 0.717) is 21.7 Å². The molecule has 0 radical (unpaired) electrons. The Labute approximate surface area is 167 Å². The molecule has 2 aromatic carbocycles. The van der Waals surface area contributed by atoms with Gasteiger partial charge in [0.1, 0.15) is 0 Å². The zero-order valence-electron chi connectivity index (χ0n) is 15.9. The second-order valence-corrected chi connectivity index (χ2v) is 7.33. The molecule has 3 rings (SSSR count). The number of benzene rings is 2. The van der Waals surface area contributed by atoms with Crippen molar-refractivity contribution in [2.45, 2.75) is 26.3 Å². The molecule has 146 valence electrons. The van der Waals surface area contributed by atoms with Gasteiger partial charge in [-0.15, -0.1) is 0 Å². The highest BCUT2D eigenvalue weighted by atomic mass is 35.5. The Morgan fingerprint density at radius 1 is 1.14 bits per heavy atom. The van der Waals surface area contributed by atoms with Crippen LogP contribution in [0.1, 0.15) is 26.3 Å². The predicted octanol–water partition coefficient (Wildman–Crippen LogP) is 4.34. The molecule has 1 N–H and O–H groups in total. The molecule has 28 heavy (non-hydrogen) atoms. The number of carbonyl (C=O) groups excluding carboxylic acids is 2. The number of hydrogen-bond donors (Lipinski definition) is 1. The summed E-state index contributed by atoms with van der Waals surface area (Å²) in [5, 5.41) is 3.26. The van der Waals surface area contributed by atoms with Crippen LogP contribution in [0, 0.1) is 5.82 Å². The number of hydrogen-bond acceptors (Lipinski definition) is 5. The lowest BCUT2D eigenvalue weighted by molar-refractivity contribution is -0.137. The van der Waals surface area contributed by atoms with E-state index in [1.54, 1.807) is 44.2 Å². The predicted molar refractivity (Wildman–Crippen MR) is 104 cm³/mol. The van der Waals surface area contributed by atoms with Crippen molar-refractivity contribution >= 4 is 28.9 Å². The van der Waals surface area contributed by atoms with Gasteiger partial charge in [-0.1, -0.05) is 23.7 Å². The maximum Gasteiger partial charge on any atom is 0.309 e. The van der Waals surface area contributed by atoms with Crippen LogP contribution in [0.5, 0.6) is 5.75 Å². The fraction of sp³-hybridized carbons (Fsp3) is 0.238. The summed E-state index contributed by atoms with van der Waals surface area (Å²) in [6.07, 6.45) is 0. The minimum absolute atomic E-state index is 0.0678. The van der Waals surface area contributed by atoms with E-state index >= 15 is 0 Å². The molecule has 0 saturated heterocycles. The van der Waals surface area contributed by atoms with Crippen LogP contribution >= 0.6 is 11.6 Å². The molecule has 0 bridgehead atoms. The lowest BCUT2D eigenvalue weighted by atomic mass is 9.91. The Morgan fingerprint density at radius 2 is 1.79 bits per heavy atom. The van der Waals surface area contributed by atoms with Gasteiger partial charge >= 0.3 is 5.97 Å². The number of nitrogens with one attached hydrogen (secondary N) is 1. The van der Waals surface area contributed by atoms with E-state index in [0.717, 1.165) is 0 Å². The summed E-state index contributed by atoms with van der Waals surface area (Å²) in [5.41, 5.74) is 1.05. The second kappa shape index (κ2) is 7.28. The second-order valence-electron chi connectivity index (χ2n) is 6.92. The van der Waals surface area contributed by atoms with Crippen molar-refractivity contribution in [2.24, 2.45) is 0 Å². The number of Topliss-reactive ketones (excluding diaryl/α,β-unsaturated/α-hetero) is 1. The standard InChI is InChI=1S/C21H19ClFNO4/c1-11(25)28-20-18(19(26)21(2,3)24-20)14-9-12(5-7-15(14)22)13-6-8-16(23)17(10-13)27-4/h5-10,24H,1-4H3. The summed E-state index contributed by atoms with van der Waals surface area (Å²) >= 11 is 6.37. The number of esters is 1. The van der Waals surface area contributed by atoms with Gasteiger partial charge in [0.25, 0.3) is 0 Å². The zero-order chi connectivity index (χ0) is 20.6. The van der Waals surface area contributed by atoms with Crippen molar-refractivity contribution < 1.29 is 23.5 Å². The third kappa shape index (κ3) is 3.60. The maximum atomic E-state index is 13.7. The van der Waals surface area contributed by atoms with Gasteiger partial charge in [-0.05, 0) is 49.2 Å². The summed E-state index contributed by atoms with van der Waals surface area (Å²) in [5.74, 6) is -1.11. The van der Waals surface area contributed by atoms with Gasteiger partial charge < -0.3 is 14.8 Å². The van der Waals surface area contributed by atoms with Crippen LogP contribution in [0.2, 0.25) is 5.02 Å². The van der Waals surface area contributed by atoms with Crippen LogP contribution in [0.4, 0.5) is 4.39 Å². The van der Waals surface area contributed by atoms with Crippen molar-refractivity contribution in [1.82, 2.24) is 5.32 Å². The number of ether oxygens (including phenoxy) is 2. The van der Waals surface area contributed by atoms with Crippen LogP contribution in [-0.2, 0) is 14.3 Å². The summed E-state index contributed by atoms with van der Waals surface area (Å²) in [6, 6.07) is 9.56. The Kier molecular flexibility index (Phi) is 5.17. The minimum Gasteiger partial charge on any atom is -0.494 e. The van der Waals surface area contributed by atoms with Gasteiger partial charge in [-0.2, -0.15) is 0 Å². The molecule has 0 amide bonds. The molecular weight excluding hydrogens is 385 g/mol. The van der Waals surface area contributed by atoms with Gasteiger partial charge in [-0.3, -0.25) is 9.59 Å². The molecule has 0 aliphatic carbocycles. The lowest BCUT2D eigenvalue weighted by Crippen LogP contribution is -2.40. The molecule has 0 atom stereocenters. The Hall–Kier alpha value is -2.86. The summed E-state index contributed by atoms with van der Waals surface area (Å²) in [6.45, 7) is 4.63. The number of methoxy groups -OCH3 is 1. The smallest absolute Gasteiger partial charge is 0.309 e. The first-order chi connectivity index (χ1) is 13.1. The van der Waals surface area contributed by atoms with E-state index in [2.05, 4.69) is 5.32 Å². The fourth-order valence-corrected chi connectivity index (χ4v) is 3.23. The van der Waals surface area contributed by atoms with Gasteiger partial charge in [0, 0.05) is 17.5 Å². The first kappa shape index (κ1) is 19.9. The lowest BCUT2D eigenvalue weighted by Gasteiger charge is -2.17. The monoisotopic (exact) mass is 403 g/mol. The van der Waals surface area contributed by atoms with E-state index < -0.39 is 17.3 Å². The average molecular weight is 404 g/mol. The molecule has 0 saturated carbocycles. The Morgan fingerprint density at radius 3 is 2.43 bits per heavy atom. The Bertz CT molecular complexity index is 1010. The van der Waals surface area contributed by atoms with Crippen LogP contribution in [0.15, 0.2) is 42.3 Å². The number of rotatable bonds is 4. The molecule has 1 aliphatic heterocycles. The number of carbonyl (C=O) groups is 2. The van der Waals surface area contributed by atoms with Gasteiger partial charge in [0.2, 0.25) is 5.88 Å². The van der Waals surface area contributed by atoms with E-state index in [-0.39, 0.29) is 23.0 Å². The quantitative estimate of drug-likeness (QED) is 0.769. The van der Waals surface area contributed by atoms with Gasteiger partial charge in [0.05, 0.1) is 18.2 Å². The number of halogens is 2. The normalized spacial score (nSPS) is 15.4. The summed E-state index contributed by atoms with van der Waals surface area (Å²) in [7, 11) is 1.39. The van der Waals surface area contributed by atoms with E-state index in [1.165, 1.54) is 20.1 Å². The molecule has 0 fully saturated rings. The molecule has 0 spiro atoms. The zero-order valence-corrected chi connectivity index (χ0v) is 16.6. The average Bonchev–Trinajstić information content (AvgIpc) is 2.84. The molecule has 0 aromatic heterocycles. The first-order valence-corrected chi connectivity index (χ1v) is 8.91. The minimum atomic E-state index is -0.946. The van der Waals surface area contributed by atoms with E-state index in [9.17, 15) is 14.0 Å². The molecule has 1 heterocycles. The highest BCUT2D eigenvalue weighted by Gasteiger charge is 2.42. The molecular formula is C21H19ClFNO4. The number of ketones is 1. The molecule has 2 aromatic rings. The van der Waals surface area contributed by atoms with E-state index in [1.807, 2.05) is 0 Å². The third-order valence-electron chi connectivity index (χ3n) is 4.41.